The highest BCUT2D eigenvalue weighted by atomic mass is 16.3. The van der Waals surface area contributed by atoms with Gasteiger partial charge in [0, 0.05) is 6.54 Å². The highest BCUT2D eigenvalue weighted by molar-refractivity contribution is 5.76. The van der Waals surface area contributed by atoms with Crippen LogP contribution in [0.15, 0.2) is 48.5 Å². The average molecular weight is 294 g/mol. The van der Waals surface area contributed by atoms with Gasteiger partial charge in [-0.2, -0.15) is 0 Å². The molecule has 0 saturated carbocycles. The number of aliphatic hydroxyl groups excluding tert-OH is 1. The Morgan fingerprint density at radius 3 is 2.32 bits per heavy atom. The predicted octanol–water partition coefficient (Wildman–Crippen LogP) is 3.87. The Hall–Kier alpha value is -2.13. The molecule has 0 spiro atoms. The molecule has 0 radical (unpaired) electrons. The average Bonchev–Trinajstić information content (AvgIpc) is 2.85. The molecule has 1 aromatic heterocycles. The van der Waals surface area contributed by atoms with Gasteiger partial charge in [-0.15, -0.1) is 0 Å². The van der Waals surface area contributed by atoms with Crippen LogP contribution in [-0.4, -0.2) is 14.7 Å². The Kier molecular flexibility index (Phi) is 3.75. The van der Waals surface area contributed by atoms with Crippen molar-refractivity contribution in [3.63, 3.8) is 0 Å². The zero-order valence-electron chi connectivity index (χ0n) is 13.4. The summed E-state index contributed by atoms with van der Waals surface area (Å²) in [4.78, 5) is 4.50. The van der Waals surface area contributed by atoms with Gasteiger partial charge in [0.1, 0.15) is 12.4 Å². The molecule has 0 bridgehead atoms. The fraction of sp³-hybridized carbons (Fsp3) is 0.316. The second-order valence-electron chi connectivity index (χ2n) is 6.71. The molecule has 1 N–H and O–H groups in total. The van der Waals surface area contributed by atoms with Crippen molar-refractivity contribution < 1.29 is 5.11 Å². The van der Waals surface area contributed by atoms with Gasteiger partial charge in [-0.1, -0.05) is 57.2 Å². The van der Waals surface area contributed by atoms with E-state index >= 15 is 0 Å². The number of hydrogen-bond acceptors (Lipinski definition) is 2. The van der Waals surface area contributed by atoms with E-state index in [0.29, 0.717) is 5.82 Å². The lowest BCUT2D eigenvalue weighted by Gasteiger charge is -2.19. The lowest BCUT2D eigenvalue weighted by atomic mass is 9.87. The Labute approximate surface area is 131 Å². The maximum atomic E-state index is 9.56. The molecule has 3 aromatic rings. The minimum atomic E-state index is -0.0469. The monoisotopic (exact) mass is 294 g/mol. The number of aliphatic hydroxyl groups is 1. The van der Waals surface area contributed by atoms with Crippen LogP contribution in [-0.2, 0) is 18.6 Å². The summed E-state index contributed by atoms with van der Waals surface area (Å²) in [5.41, 5.74) is 4.69. The molecule has 0 unspecified atom stereocenters. The lowest BCUT2D eigenvalue weighted by molar-refractivity contribution is 0.267. The minimum absolute atomic E-state index is 0.0469. The van der Waals surface area contributed by atoms with Crippen molar-refractivity contribution in [3.05, 3.63) is 65.5 Å². The number of nitrogens with zero attached hydrogens (tertiary/aromatic N) is 2. The summed E-state index contributed by atoms with van der Waals surface area (Å²) in [5.74, 6) is 0.709. The van der Waals surface area contributed by atoms with Crippen LogP contribution in [0.5, 0.6) is 0 Å². The van der Waals surface area contributed by atoms with Crippen LogP contribution < -0.4 is 0 Å². The fourth-order valence-electron chi connectivity index (χ4n) is 2.72. The predicted molar refractivity (Wildman–Crippen MR) is 89.9 cm³/mol. The van der Waals surface area contributed by atoms with Crippen molar-refractivity contribution in [2.45, 2.75) is 39.3 Å². The molecule has 0 saturated heterocycles. The topological polar surface area (TPSA) is 38.0 Å². The van der Waals surface area contributed by atoms with Crippen LogP contribution in [0.25, 0.3) is 11.0 Å². The lowest BCUT2D eigenvalue weighted by Crippen LogP contribution is -2.11. The van der Waals surface area contributed by atoms with Crippen LogP contribution in [0, 0.1) is 0 Å². The summed E-state index contributed by atoms with van der Waals surface area (Å²) in [6, 6.07) is 16.7. The van der Waals surface area contributed by atoms with Gasteiger partial charge in [0.25, 0.3) is 0 Å². The molecule has 3 rings (SSSR count). The Bertz CT molecular complexity index is 779. The molecule has 0 atom stereocenters. The molecular formula is C19H22N2O. The highest BCUT2D eigenvalue weighted by Crippen LogP contribution is 2.23. The van der Waals surface area contributed by atoms with Gasteiger partial charge in [0.15, 0.2) is 0 Å². The molecule has 2 aromatic carbocycles. The zero-order chi connectivity index (χ0) is 15.7. The number of hydrogen-bond donors (Lipinski definition) is 1. The van der Waals surface area contributed by atoms with Gasteiger partial charge >= 0.3 is 0 Å². The molecule has 22 heavy (non-hydrogen) atoms. The quantitative estimate of drug-likeness (QED) is 0.796. The normalized spacial score (nSPS) is 12.0. The van der Waals surface area contributed by atoms with E-state index in [-0.39, 0.29) is 12.0 Å². The van der Waals surface area contributed by atoms with Crippen molar-refractivity contribution in [1.29, 1.82) is 0 Å². The van der Waals surface area contributed by atoms with Gasteiger partial charge in [-0.05, 0) is 28.7 Å². The number of fused-ring (bicyclic) bond motifs is 1. The third kappa shape index (κ3) is 2.77. The number of rotatable bonds is 3. The smallest absolute Gasteiger partial charge is 0.136 e. The van der Waals surface area contributed by atoms with Crippen LogP contribution in [0.4, 0.5) is 0 Å². The molecule has 0 aliphatic heterocycles. The first kappa shape index (κ1) is 14.8. The van der Waals surface area contributed by atoms with Crippen molar-refractivity contribution in [1.82, 2.24) is 9.55 Å². The molecule has 0 amide bonds. The molecule has 0 aliphatic carbocycles. The third-order valence-corrected chi connectivity index (χ3v) is 4.04. The molecular weight excluding hydrogens is 272 g/mol. The van der Waals surface area contributed by atoms with E-state index in [4.69, 9.17) is 0 Å². The minimum Gasteiger partial charge on any atom is -0.388 e. The van der Waals surface area contributed by atoms with Crippen LogP contribution in [0.1, 0.15) is 37.7 Å². The second-order valence-corrected chi connectivity index (χ2v) is 6.71. The van der Waals surface area contributed by atoms with Crippen molar-refractivity contribution >= 4 is 11.0 Å². The van der Waals surface area contributed by atoms with Gasteiger partial charge in [-0.3, -0.25) is 0 Å². The van der Waals surface area contributed by atoms with Crippen LogP contribution in [0.3, 0.4) is 0 Å². The molecule has 3 heteroatoms. The maximum absolute atomic E-state index is 9.56. The summed E-state index contributed by atoms with van der Waals surface area (Å²) in [7, 11) is 0. The second kappa shape index (κ2) is 5.58. The van der Waals surface area contributed by atoms with Gasteiger partial charge < -0.3 is 9.67 Å². The largest absolute Gasteiger partial charge is 0.388 e. The van der Waals surface area contributed by atoms with Gasteiger partial charge in [0.05, 0.1) is 11.0 Å². The highest BCUT2D eigenvalue weighted by Gasteiger charge is 2.14. The first-order chi connectivity index (χ1) is 10.5. The number of para-hydroxylation sites is 2. The first-order valence-corrected chi connectivity index (χ1v) is 7.63. The maximum Gasteiger partial charge on any atom is 0.136 e. The van der Waals surface area contributed by atoms with Crippen LogP contribution >= 0.6 is 0 Å². The first-order valence-electron chi connectivity index (χ1n) is 7.63. The zero-order valence-corrected chi connectivity index (χ0v) is 13.4. The van der Waals surface area contributed by atoms with E-state index in [9.17, 15) is 5.11 Å². The Balaban J connectivity index is 1.96. The van der Waals surface area contributed by atoms with E-state index in [1.165, 1.54) is 11.1 Å². The summed E-state index contributed by atoms with van der Waals surface area (Å²) in [6.45, 7) is 7.33. The molecule has 3 nitrogen and oxygen atoms in total. The van der Waals surface area contributed by atoms with E-state index in [2.05, 4.69) is 54.6 Å². The molecule has 0 fully saturated rings. The Morgan fingerprint density at radius 1 is 1.00 bits per heavy atom. The van der Waals surface area contributed by atoms with Crippen LogP contribution in [0.2, 0.25) is 0 Å². The van der Waals surface area contributed by atoms with Crippen molar-refractivity contribution in [2.24, 2.45) is 0 Å². The summed E-state index contributed by atoms with van der Waals surface area (Å²) in [6.07, 6.45) is 0. The van der Waals surface area contributed by atoms with Crippen molar-refractivity contribution in [2.75, 3.05) is 0 Å². The standard InChI is InChI=1S/C19H22N2O/c1-19(2,3)15-10-8-14(9-11-15)12-21-17-7-5-4-6-16(17)20-18(21)13-22/h4-11,22H,12-13H2,1-3H3. The Morgan fingerprint density at radius 2 is 1.68 bits per heavy atom. The van der Waals surface area contributed by atoms with E-state index < -0.39 is 0 Å². The van der Waals surface area contributed by atoms with Crippen molar-refractivity contribution in [3.8, 4) is 0 Å². The SMILES string of the molecule is CC(C)(C)c1ccc(Cn2c(CO)nc3ccccc32)cc1. The molecule has 114 valence electrons. The molecule has 0 aliphatic rings. The summed E-state index contributed by atoms with van der Waals surface area (Å²) >= 11 is 0. The summed E-state index contributed by atoms with van der Waals surface area (Å²) < 4.78 is 2.08. The number of benzene rings is 2. The van der Waals surface area contributed by atoms with E-state index in [0.717, 1.165) is 17.6 Å². The summed E-state index contributed by atoms with van der Waals surface area (Å²) in [5, 5.41) is 9.56. The fourth-order valence-corrected chi connectivity index (χ4v) is 2.72. The van der Waals surface area contributed by atoms with Gasteiger partial charge in [-0.25, -0.2) is 4.98 Å². The number of aromatic nitrogens is 2. The van der Waals surface area contributed by atoms with E-state index in [1.54, 1.807) is 0 Å². The number of imidazole rings is 1. The molecule has 1 heterocycles. The van der Waals surface area contributed by atoms with Gasteiger partial charge in [0.2, 0.25) is 0 Å². The third-order valence-electron chi connectivity index (χ3n) is 4.04. The van der Waals surface area contributed by atoms with E-state index in [1.807, 2.05) is 24.3 Å².